The minimum atomic E-state index is -3.52. The van der Waals surface area contributed by atoms with Gasteiger partial charge in [-0.1, -0.05) is 25.0 Å². The minimum absolute atomic E-state index is 0.436. The van der Waals surface area contributed by atoms with Crippen molar-refractivity contribution in [2.45, 2.75) is 38.4 Å². The molecular weight excluding hydrogens is 320 g/mol. The summed E-state index contributed by atoms with van der Waals surface area (Å²) in [6, 6.07) is 5.45. The lowest BCUT2D eigenvalue weighted by Crippen LogP contribution is -2.36. The van der Waals surface area contributed by atoms with Crippen LogP contribution in [0.3, 0.4) is 0 Å². The molecule has 22 heavy (non-hydrogen) atoms. The molecule has 1 saturated heterocycles. The summed E-state index contributed by atoms with van der Waals surface area (Å²) in [5, 5.41) is 0. The van der Waals surface area contributed by atoms with Gasteiger partial charge in [0.1, 0.15) is 0 Å². The Morgan fingerprint density at radius 3 is 2.41 bits per heavy atom. The van der Waals surface area contributed by atoms with Crippen LogP contribution in [0.5, 0.6) is 0 Å². The van der Waals surface area contributed by atoms with Gasteiger partial charge in [-0.3, -0.25) is 8.93 Å². The molecule has 0 aliphatic carbocycles. The van der Waals surface area contributed by atoms with Gasteiger partial charge in [-0.15, -0.1) is 0 Å². The van der Waals surface area contributed by atoms with Crippen LogP contribution in [0.25, 0.3) is 0 Å². The van der Waals surface area contributed by atoms with Crippen molar-refractivity contribution in [2.24, 2.45) is 0 Å². The molecule has 0 aromatic heterocycles. The van der Waals surface area contributed by atoms with E-state index >= 15 is 0 Å². The summed E-state index contributed by atoms with van der Waals surface area (Å²) >= 11 is 0. The van der Waals surface area contributed by atoms with E-state index < -0.39 is 21.0 Å². The Morgan fingerprint density at radius 1 is 1.18 bits per heavy atom. The van der Waals surface area contributed by atoms with Gasteiger partial charge >= 0.3 is 10.2 Å². The van der Waals surface area contributed by atoms with Crippen molar-refractivity contribution < 1.29 is 12.6 Å². The van der Waals surface area contributed by atoms with E-state index in [2.05, 4.69) is 4.72 Å². The molecule has 1 atom stereocenters. The number of nitrogens with zero attached hydrogens (tertiary/aromatic N) is 1. The summed E-state index contributed by atoms with van der Waals surface area (Å²) in [5.41, 5.74) is 2.33. The lowest BCUT2D eigenvalue weighted by Gasteiger charge is -2.22. The molecule has 5 nitrogen and oxygen atoms in total. The van der Waals surface area contributed by atoms with Crippen molar-refractivity contribution in [3.05, 3.63) is 29.3 Å². The first-order chi connectivity index (χ1) is 10.4. The van der Waals surface area contributed by atoms with Crippen molar-refractivity contribution >= 4 is 26.7 Å². The van der Waals surface area contributed by atoms with E-state index in [0.717, 1.165) is 36.8 Å². The van der Waals surface area contributed by atoms with Crippen LogP contribution in [0.4, 0.5) is 5.69 Å². The van der Waals surface area contributed by atoms with Crippen LogP contribution in [0.15, 0.2) is 18.2 Å². The number of hydrogen-bond donors (Lipinski definition) is 1. The van der Waals surface area contributed by atoms with E-state index in [4.69, 9.17) is 0 Å². The molecule has 1 heterocycles. The van der Waals surface area contributed by atoms with Crippen LogP contribution in [-0.2, 0) is 26.8 Å². The highest BCUT2D eigenvalue weighted by molar-refractivity contribution is 7.90. The molecule has 0 amide bonds. The Bertz CT molecular complexity index is 636. The van der Waals surface area contributed by atoms with Crippen LogP contribution in [0.2, 0.25) is 0 Å². The summed E-state index contributed by atoms with van der Waals surface area (Å²) in [4.78, 5) is 0. The molecule has 0 saturated carbocycles. The average Bonchev–Trinajstić information content (AvgIpc) is 2.72. The minimum Gasteiger partial charge on any atom is -0.271 e. The molecule has 1 aliphatic rings. The van der Waals surface area contributed by atoms with Crippen LogP contribution < -0.4 is 4.72 Å². The van der Waals surface area contributed by atoms with E-state index in [1.807, 2.05) is 13.0 Å². The summed E-state index contributed by atoms with van der Waals surface area (Å²) in [6.07, 6.45) is 5.64. The predicted octanol–water partition coefficient (Wildman–Crippen LogP) is 2.41. The van der Waals surface area contributed by atoms with Gasteiger partial charge in [0.25, 0.3) is 0 Å². The summed E-state index contributed by atoms with van der Waals surface area (Å²) < 4.78 is 40.7. The van der Waals surface area contributed by atoms with Crippen molar-refractivity contribution in [3.63, 3.8) is 0 Å². The zero-order valence-electron chi connectivity index (χ0n) is 13.2. The topological polar surface area (TPSA) is 66.5 Å². The number of rotatable bonds is 5. The molecule has 2 rings (SSSR count). The number of hydrogen-bond acceptors (Lipinski definition) is 3. The first-order valence-corrected chi connectivity index (χ1v) is 10.7. The lowest BCUT2D eigenvalue weighted by atomic mass is 10.1. The van der Waals surface area contributed by atoms with Crippen molar-refractivity contribution in [2.75, 3.05) is 24.1 Å². The zero-order chi connectivity index (χ0) is 16.2. The third-order valence-corrected chi connectivity index (χ3v) is 6.19. The number of anilines is 1. The molecule has 1 aliphatic heterocycles. The van der Waals surface area contributed by atoms with Crippen LogP contribution in [0.1, 0.15) is 36.8 Å². The van der Waals surface area contributed by atoms with Crippen molar-refractivity contribution in [3.8, 4) is 0 Å². The maximum absolute atomic E-state index is 12.5. The second-order valence-electron chi connectivity index (χ2n) is 5.73. The molecule has 1 aromatic carbocycles. The first kappa shape index (κ1) is 17.4. The molecule has 7 heteroatoms. The van der Waals surface area contributed by atoms with E-state index in [1.54, 1.807) is 18.4 Å². The Labute approximate surface area is 135 Å². The van der Waals surface area contributed by atoms with Crippen LogP contribution >= 0.6 is 0 Å². The third-order valence-electron chi connectivity index (χ3n) is 3.95. The highest BCUT2D eigenvalue weighted by Crippen LogP contribution is 2.23. The molecule has 1 unspecified atom stereocenters. The summed E-state index contributed by atoms with van der Waals surface area (Å²) in [5.74, 6) is 0.436. The van der Waals surface area contributed by atoms with Gasteiger partial charge in [0, 0.05) is 35.9 Å². The molecule has 0 radical (unpaired) electrons. The van der Waals surface area contributed by atoms with Crippen LogP contribution in [-0.4, -0.2) is 36.3 Å². The standard InChI is InChI=1S/C15H24N2O3S2/c1-13-14(12-21(2)18)8-7-9-15(13)16-22(19,20)17-10-5-3-4-6-11-17/h7-9,16H,3-6,10-12H2,1-2H3. The number of benzene rings is 1. The molecule has 0 spiro atoms. The molecule has 0 bridgehead atoms. The number of nitrogens with one attached hydrogen (secondary N) is 1. The third kappa shape index (κ3) is 4.54. The maximum Gasteiger partial charge on any atom is 0.301 e. The highest BCUT2D eigenvalue weighted by atomic mass is 32.2. The van der Waals surface area contributed by atoms with Gasteiger partial charge < -0.3 is 0 Å². The van der Waals surface area contributed by atoms with E-state index in [-0.39, 0.29) is 0 Å². The Balaban J connectivity index is 2.20. The second-order valence-corrected chi connectivity index (χ2v) is 8.83. The summed E-state index contributed by atoms with van der Waals surface area (Å²) in [7, 11) is -4.47. The molecule has 124 valence electrons. The normalized spacial score (nSPS) is 18.6. The monoisotopic (exact) mass is 344 g/mol. The Kier molecular flexibility index (Phi) is 6.00. The Morgan fingerprint density at radius 2 is 1.82 bits per heavy atom. The Hall–Kier alpha value is -0.920. The molecule has 1 fully saturated rings. The van der Waals surface area contributed by atoms with Gasteiger partial charge in [0.2, 0.25) is 0 Å². The first-order valence-electron chi connectivity index (χ1n) is 7.56. The van der Waals surface area contributed by atoms with Gasteiger partial charge in [0.05, 0.1) is 5.69 Å². The van der Waals surface area contributed by atoms with Gasteiger partial charge in [-0.05, 0) is 37.0 Å². The maximum atomic E-state index is 12.5. The van der Waals surface area contributed by atoms with E-state index in [0.29, 0.717) is 24.5 Å². The van der Waals surface area contributed by atoms with Gasteiger partial charge in [-0.2, -0.15) is 12.7 Å². The fourth-order valence-corrected chi connectivity index (χ4v) is 4.77. The summed E-state index contributed by atoms with van der Waals surface area (Å²) in [6.45, 7) is 3.02. The fraction of sp³-hybridized carbons (Fsp3) is 0.600. The quantitative estimate of drug-likeness (QED) is 0.892. The van der Waals surface area contributed by atoms with Gasteiger partial charge in [0.15, 0.2) is 0 Å². The van der Waals surface area contributed by atoms with Crippen molar-refractivity contribution in [1.82, 2.24) is 4.31 Å². The molecular formula is C15H24N2O3S2. The predicted molar refractivity (Wildman–Crippen MR) is 91.5 cm³/mol. The van der Waals surface area contributed by atoms with E-state index in [9.17, 15) is 12.6 Å². The van der Waals surface area contributed by atoms with Crippen molar-refractivity contribution in [1.29, 1.82) is 0 Å². The second kappa shape index (κ2) is 7.57. The van der Waals surface area contributed by atoms with Crippen LogP contribution in [0, 0.1) is 6.92 Å². The zero-order valence-corrected chi connectivity index (χ0v) is 14.8. The fourth-order valence-electron chi connectivity index (χ4n) is 2.65. The van der Waals surface area contributed by atoms with E-state index in [1.165, 1.54) is 4.31 Å². The molecule has 1 N–H and O–H groups in total. The lowest BCUT2D eigenvalue weighted by molar-refractivity contribution is 0.427. The average molecular weight is 345 g/mol. The highest BCUT2D eigenvalue weighted by Gasteiger charge is 2.23. The smallest absolute Gasteiger partial charge is 0.271 e. The van der Waals surface area contributed by atoms with Gasteiger partial charge in [-0.25, -0.2) is 0 Å². The largest absolute Gasteiger partial charge is 0.301 e. The molecule has 1 aromatic rings. The SMILES string of the molecule is Cc1c(CS(C)=O)cccc1NS(=O)(=O)N1CCCCCC1.